The Kier molecular flexibility index (Phi) is 5.97. The van der Waals surface area contributed by atoms with Crippen LogP contribution in [0.5, 0.6) is 11.5 Å². The predicted molar refractivity (Wildman–Crippen MR) is 105 cm³/mol. The lowest BCUT2D eigenvalue weighted by molar-refractivity contribution is 0.102. The minimum absolute atomic E-state index is 0.0289. The van der Waals surface area contributed by atoms with Gasteiger partial charge in [-0.15, -0.1) is 0 Å². The van der Waals surface area contributed by atoms with E-state index in [1.807, 2.05) is 0 Å². The van der Waals surface area contributed by atoms with Crippen LogP contribution in [0.3, 0.4) is 0 Å². The molecule has 0 atom stereocenters. The van der Waals surface area contributed by atoms with Gasteiger partial charge in [0.15, 0.2) is 11.5 Å². The smallest absolute Gasteiger partial charge is 0.258 e. The fraction of sp³-hybridized carbons (Fsp3) is 0.316. The zero-order valence-electron chi connectivity index (χ0n) is 14.7. The number of carbonyl (C=O) groups excluding carboxylic acids is 1. The van der Waals surface area contributed by atoms with Crippen molar-refractivity contribution in [3.63, 3.8) is 0 Å². The summed E-state index contributed by atoms with van der Waals surface area (Å²) in [4.78, 5) is 12.6. The van der Waals surface area contributed by atoms with E-state index in [-0.39, 0.29) is 33.1 Å². The van der Waals surface area contributed by atoms with Gasteiger partial charge in [0.05, 0.1) is 34.5 Å². The van der Waals surface area contributed by atoms with Crippen LogP contribution >= 0.6 is 23.2 Å². The number of rotatable bonds is 5. The van der Waals surface area contributed by atoms with Crippen LogP contribution in [0.1, 0.15) is 36.0 Å². The number of amides is 1. The van der Waals surface area contributed by atoms with Gasteiger partial charge in [0.1, 0.15) is 5.82 Å². The number of carbonyl (C=O) groups is 1. The van der Waals surface area contributed by atoms with Crippen LogP contribution in [0.25, 0.3) is 0 Å². The van der Waals surface area contributed by atoms with Crippen molar-refractivity contribution in [2.24, 2.45) is 0 Å². The van der Waals surface area contributed by atoms with Crippen LogP contribution in [-0.4, -0.2) is 19.1 Å². The Labute approximate surface area is 166 Å². The summed E-state index contributed by atoms with van der Waals surface area (Å²) in [5.74, 6) is -0.893. The van der Waals surface area contributed by atoms with E-state index in [4.69, 9.17) is 38.4 Å². The van der Waals surface area contributed by atoms with E-state index in [1.54, 1.807) is 0 Å². The molecule has 2 aromatic rings. The monoisotopic (exact) mass is 412 g/mol. The number of halogens is 3. The van der Waals surface area contributed by atoms with E-state index < -0.39 is 11.7 Å². The third kappa shape index (κ3) is 4.39. The second-order valence-electron chi connectivity index (χ2n) is 6.32. The topological polar surface area (TPSA) is 73.6 Å². The molecule has 3 rings (SSSR count). The molecule has 0 radical (unpaired) electrons. The molecule has 1 saturated carbocycles. The van der Waals surface area contributed by atoms with Crippen LogP contribution in [0, 0.1) is 5.82 Å². The molecule has 0 unspecified atom stereocenters. The molecule has 0 bridgehead atoms. The van der Waals surface area contributed by atoms with Crippen molar-refractivity contribution in [1.29, 1.82) is 0 Å². The van der Waals surface area contributed by atoms with Gasteiger partial charge in [-0.2, -0.15) is 0 Å². The van der Waals surface area contributed by atoms with Gasteiger partial charge in [-0.1, -0.05) is 23.2 Å². The van der Waals surface area contributed by atoms with Crippen molar-refractivity contribution in [1.82, 2.24) is 0 Å². The van der Waals surface area contributed by atoms with Gasteiger partial charge in [-0.25, -0.2) is 4.39 Å². The summed E-state index contributed by atoms with van der Waals surface area (Å²) in [6.45, 7) is 0. The van der Waals surface area contributed by atoms with Crippen molar-refractivity contribution < 1.29 is 18.7 Å². The Bertz CT molecular complexity index is 847. The van der Waals surface area contributed by atoms with Gasteiger partial charge in [0.2, 0.25) is 0 Å². The molecule has 0 aromatic heterocycles. The average Bonchev–Trinajstić information content (AvgIpc) is 3.12. The van der Waals surface area contributed by atoms with Crippen molar-refractivity contribution in [2.75, 3.05) is 18.2 Å². The van der Waals surface area contributed by atoms with Crippen LogP contribution in [0.2, 0.25) is 10.0 Å². The number of nitrogen functional groups attached to an aromatic ring is 1. The van der Waals surface area contributed by atoms with Crippen molar-refractivity contribution in [2.45, 2.75) is 31.8 Å². The second kappa shape index (κ2) is 8.23. The first-order valence-electron chi connectivity index (χ1n) is 8.49. The van der Waals surface area contributed by atoms with Crippen LogP contribution in [-0.2, 0) is 0 Å². The fourth-order valence-corrected chi connectivity index (χ4v) is 3.64. The summed E-state index contributed by atoms with van der Waals surface area (Å²) in [5, 5.41) is 2.84. The largest absolute Gasteiger partial charge is 0.493 e. The number of ether oxygens (including phenoxy) is 2. The molecule has 27 heavy (non-hydrogen) atoms. The Morgan fingerprint density at radius 3 is 2.37 bits per heavy atom. The number of nitrogens with two attached hydrogens (primary N) is 1. The number of nitrogens with one attached hydrogen (secondary N) is 1. The van der Waals surface area contributed by atoms with E-state index >= 15 is 0 Å². The Morgan fingerprint density at radius 2 is 1.78 bits per heavy atom. The standard InChI is InChI=1S/C19H19Cl2FN2O3/c1-26-16-9-15(22)12(8-17(16)27-11-4-2-3-5-11)19(25)24-18-13(20)6-10(23)7-14(18)21/h6-9,11H,2-5,23H2,1H3,(H,24,25). The maximum atomic E-state index is 14.5. The van der Waals surface area contributed by atoms with Gasteiger partial charge >= 0.3 is 0 Å². The quantitative estimate of drug-likeness (QED) is 0.653. The molecule has 1 aliphatic carbocycles. The molecular formula is C19H19Cl2FN2O3. The summed E-state index contributed by atoms with van der Waals surface area (Å²) in [6.07, 6.45) is 4.02. The summed E-state index contributed by atoms with van der Waals surface area (Å²) in [7, 11) is 1.42. The Morgan fingerprint density at radius 1 is 1.15 bits per heavy atom. The molecule has 0 heterocycles. The maximum absolute atomic E-state index is 14.5. The molecule has 1 fully saturated rings. The molecule has 8 heteroatoms. The van der Waals surface area contributed by atoms with Crippen LogP contribution < -0.4 is 20.5 Å². The zero-order chi connectivity index (χ0) is 19.6. The highest BCUT2D eigenvalue weighted by Gasteiger charge is 2.23. The van der Waals surface area contributed by atoms with E-state index in [9.17, 15) is 9.18 Å². The predicted octanol–water partition coefficient (Wildman–Crippen LogP) is 5.30. The van der Waals surface area contributed by atoms with E-state index in [0.29, 0.717) is 11.4 Å². The molecule has 0 spiro atoms. The summed E-state index contributed by atoms with van der Waals surface area (Å²) >= 11 is 12.2. The fourth-order valence-electron chi connectivity index (χ4n) is 3.04. The lowest BCUT2D eigenvalue weighted by Gasteiger charge is -2.17. The average molecular weight is 413 g/mol. The highest BCUT2D eigenvalue weighted by Crippen LogP contribution is 2.36. The molecule has 0 aliphatic heterocycles. The van der Waals surface area contributed by atoms with Gasteiger partial charge in [0.25, 0.3) is 5.91 Å². The first-order valence-corrected chi connectivity index (χ1v) is 9.24. The number of benzene rings is 2. The van der Waals surface area contributed by atoms with Gasteiger partial charge in [0, 0.05) is 11.8 Å². The minimum Gasteiger partial charge on any atom is -0.493 e. The molecule has 5 nitrogen and oxygen atoms in total. The van der Waals surface area contributed by atoms with Crippen molar-refractivity contribution in [3.05, 3.63) is 45.7 Å². The third-order valence-corrected chi connectivity index (χ3v) is 4.99. The van der Waals surface area contributed by atoms with Crippen molar-refractivity contribution >= 4 is 40.5 Å². The molecule has 3 N–H and O–H groups in total. The number of hydrogen-bond acceptors (Lipinski definition) is 4. The second-order valence-corrected chi connectivity index (χ2v) is 7.14. The van der Waals surface area contributed by atoms with Gasteiger partial charge in [-0.05, 0) is 43.9 Å². The van der Waals surface area contributed by atoms with E-state index in [2.05, 4.69) is 5.32 Å². The normalized spacial score (nSPS) is 14.2. The maximum Gasteiger partial charge on any atom is 0.258 e. The molecule has 144 valence electrons. The van der Waals surface area contributed by atoms with Crippen molar-refractivity contribution in [3.8, 4) is 11.5 Å². The molecule has 1 amide bonds. The van der Waals surface area contributed by atoms with Gasteiger partial charge < -0.3 is 20.5 Å². The lowest BCUT2D eigenvalue weighted by atomic mass is 10.1. The summed E-state index contributed by atoms with van der Waals surface area (Å²) < 4.78 is 25.6. The number of methoxy groups -OCH3 is 1. The van der Waals surface area contributed by atoms with Gasteiger partial charge in [-0.3, -0.25) is 4.79 Å². The zero-order valence-corrected chi connectivity index (χ0v) is 16.2. The highest BCUT2D eigenvalue weighted by atomic mass is 35.5. The Hall–Kier alpha value is -2.18. The summed E-state index contributed by atoms with van der Waals surface area (Å²) in [5.41, 5.74) is 5.96. The lowest BCUT2D eigenvalue weighted by Crippen LogP contribution is -2.17. The highest BCUT2D eigenvalue weighted by molar-refractivity contribution is 6.40. The minimum atomic E-state index is -0.745. The number of anilines is 2. The first-order chi connectivity index (χ1) is 12.9. The third-order valence-electron chi connectivity index (χ3n) is 4.40. The van der Waals surface area contributed by atoms with E-state index in [1.165, 1.54) is 25.3 Å². The summed E-state index contributed by atoms with van der Waals surface area (Å²) in [6, 6.07) is 5.36. The SMILES string of the molecule is COc1cc(F)c(C(=O)Nc2c(Cl)cc(N)cc2Cl)cc1OC1CCCC1. The van der Waals surface area contributed by atoms with E-state index in [0.717, 1.165) is 31.7 Å². The molecular weight excluding hydrogens is 394 g/mol. The Balaban J connectivity index is 1.89. The molecule has 1 aliphatic rings. The van der Waals surface area contributed by atoms with Crippen LogP contribution in [0.15, 0.2) is 24.3 Å². The molecule has 2 aromatic carbocycles. The van der Waals surface area contributed by atoms with Crippen LogP contribution in [0.4, 0.5) is 15.8 Å². The molecule has 0 saturated heterocycles. The number of hydrogen-bond donors (Lipinski definition) is 2. The first kappa shape index (κ1) is 19.6.